The van der Waals surface area contributed by atoms with Crippen LogP contribution in [0.4, 0.5) is 0 Å². The Morgan fingerprint density at radius 2 is 1.51 bits per heavy atom. The third-order valence-corrected chi connectivity index (χ3v) is 15.6. The second-order valence-electron chi connectivity index (χ2n) is 22.1. The number of hydrogen-bond acceptors (Lipinski definition) is 14. The first-order chi connectivity index (χ1) is 28.8. The molecule has 0 aromatic carbocycles. The van der Waals surface area contributed by atoms with Crippen molar-refractivity contribution in [1.82, 2.24) is 9.80 Å². The smallest absolute Gasteiger partial charge is 0.311 e. The zero-order chi connectivity index (χ0) is 48.2. The number of likely N-dealkylation sites (N-methyl/N-ethyl adjacent to an activating group) is 2. The first-order valence-corrected chi connectivity index (χ1v) is 30.4. The normalized spacial score (nSPS) is 43.5. The Labute approximate surface area is 384 Å². The average molecular weight is 933 g/mol. The standard InChI is InChI=1S/C47H92N2O12Si2/c1-22-24-54-46(10)26-29(3)28-49(14)33(7)40(50)47(11,52)36(23-2)57-43(51)32(6)38(58-37-27-45(9,53-15)42(34(8)56-37)61-63(19,20)21)31(5)41(46)59-44-39(60-62(16,17)18)35(48(12)13)25-30(4)55-44/h22,29-42,44,50,52H,1,23-28H2,2-21H3/t29-,30-,31+,32-,33-,34+,35+,36-,37+,38+,39-,40-,41-,42+,44+,45?,46-,47-/m1/s1. The zero-order valence-electron chi connectivity index (χ0n) is 43.1. The van der Waals surface area contributed by atoms with Crippen molar-refractivity contribution in [2.75, 3.05) is 41.4 Å². The van der Waals surface area contributed by atoms with Crippen LogP contribution in [0.3, 0.4) is 0 Å². The molecule has 0 aromatic heterocycles. The number of aliphatic hydroxyl groups excluding tert-OH is 1. The van der Waals surface area contributed by atoms with E-state index >= 15 is 0 Å². The lowest BCUT2D eigenvalue weighted by Crippen LogP contribution is -2.62. The largest absolute Gasteiger partial charge is 0.459 e. The number of carbonyl (C=O) groups excluding carboxylic acids is 1. The molecule has 18 atom stereocenters. The lowest BCUT2D eigenvalue weighted by atomic mass is 9.77. The lowest BCUT2D eigenvalue weighted by Gasteiger charge is -2.51. The Bertz CT molecular complexity index is 1450. The number of esters is 1. The van der Waals surface area contributed by atoms with Crippen LogP contribution in [0.1, 0.15) is 94.9 Å². The minimum Gasteiger partial charge on any atom is -0.459 e. The summed E-state index contributed by atoms with van der Waals surface area (Å²) in [6.45, 7) is 37.1. The highest BCUT2D eigenvalue weighted by molar-refractivity contribution is 6.70. The van der Waals surface area contributed by atoms with Crippen molar-refractivity contribution in [3.8, 4) is 0 Å². The van der Waals surface area contributed by atoms with Gasteiger partial charge in [0.05, 0.1) is 54.2 Å². The van der Waals surface area contributed by atoms with Crippen LogP contribution in [0.25, 0.3) is 0 Å². The van der Waals surface area contributed by atoms with Crippen molar-refractivity contribution in [3.05, 3.63) is 12.7 Å². The molecule has 0 amide bonds. The molecule has 3 aliphatic rings. The Hall–Kier alpha value is -0.836. The van der Waals surface area contributed by atoms with E-state index in [1.165, 1.54) is 0 Å². The molecule has 0 aliphatic carbocycles. The van der Waals surface area contributed by atoms with Crippen LogP contribution in [0, 0.1) is 17.8 Å². The van der Waals surface area contributed by atoms with E-state index in [0.717, 1.165) is 6.42 Å². The summed E-state index contributed by atoms with van der Waals surface area (Å²) in [4.78, 5) is 19.0. The number of hydrogen-bond donors (Lipinski definition) is 2. The maximum Gasteiger partial charge on any atom is 0.311 e. The van der Waals surface area contributed by atoms with Crippen LogP contribution in [0.2, 0.25) is 39.3 Å². The van der Waals surface area contributed by atoms with E-state index in [4.69, 9.17) is 42.0 Å². The molecule has 3 rings (SSSR count). The van der Waals surface area contributed by atoms with Gasteiger partial charge in [0.1, 0.15) is 23.9 Å². The fourth-order valence-corrected chi connectivity index (χ4v) is 12.5. The van der Waals surface area contributed by atoms with E-state index in [1.54, 1.807) is 27.0 Å². The minimum absolute atomic E-state index is 0.00114. The number of cyclic esters (lactones) is 1. The molecule has 3 heterocycles. The summed E-state index contributed by atoms with van der Waals surface area (Å²) in [6.07, 6.45) is -3.26. The highest BCUT2D eigenvalue weighted by Crippen LogP contribution is 2.43. The van der Waals surface area contributed by atoms with Crippen molar-refractivity contribution < 1.29 is 57.0 Å². The Balaban J connectivity index is 2.34. The van der Waals surface area contributed by atoms with Crippen molar-refractivity contribution >= 4 is 22.6 Å². The van der Waals surface area contributed by atoms with Gasteiger partial charge in [-0.05, 0) is 134 Å². The Morgan fingerprint density at radius 1 is 0.905 bits per heavy atom. The molecule has 0 spiro atoms. The molecule has 3 fully saturated rings. The van der Waals surface area contributed by atoms with Crippen LogP contribution < -0.4 is 0 Å². The fraction of sp³-hybridized carbons (Fsp3) is 0.936. The van der Waals surface area contributed by atoms with Crippen molar-refractivity contribution in [2.45, 2.75) is 225 Å². The van der Waals surface area contributed by atoms with Gasteiger partial charge in [0, 0.05) is 38.1 Å². The van der Waals surface area contributed by atoms with Gasteiger partial charge in [0.2, 0.25) is 0 Å². The second kappa shape index (κ2) is 22.5. The van der Waals surface area contributed by atoms with Crippen molar-refractivity contribution in [2.24, 2.45) is 17.8 Å². The molecule has 0 bridgehead atoms. The van der Waals surface area contributed by atoms with E-state index < -0.39 is 106 Å². The number of methoxy groups -OCH3 is 1. The molecule has 1 unspecified atom stereocenters. The van der Waals surface area contributed by atoms with Gasteiger partial charge in [0.25, 0.3) is 0 Å². The number of rotatable bonds is 14. The summed E-state index contributed by atoms with van der Waals surface area (Å²) in [5.41, 5.74) is -3.56. The topological polar surface area (TPSA) is 147 Å². The molecule has 370 valence electrons. The summed E-state index contributed by atoms with van der Waals surface area (Å²) in [7, 11) is 3.57. The molecular formula is C47H92N2O12Si2. The maximum atomic E-state index is 14.8. The Morgan fingerprint density at radius 3 is 2.03 bits per heavy atom. The van der Waals surface area contributed by atoms with Crippen LogP contribution in [-0.2, 0) is 46.8 Å². The molecule has 14 nitrogen and oxygen atoms in total. The van der Waals surface area contributed by atoms with Gasteiger partial charge in [-0.25, -0.2) is 0 Å². The summed E-state index contributed by atoms with van der Waals surface area (Å²) in [6, 6.07) is -0.493. The molecule has 3 aliphatic heterocycles. The molecule has 2 N–H and O–H groups in total. The summed E-state index contributed by atoms with van der Waals surface area (Å²) < 4.78 is 61.2. The van der Waals surface area contributed by atoms with Gasteiger partial charge in [-0.15, -0.1) is 6.58 Å². The van der Waals surface area contributed by atoms with Crippen molar-refractivity contribution in [3.63, 3.8) is 0 Å². The van der Waals surface area contributed by atoms with Gasteiger partial charge >= 0.3 is 5.97 Å². The summed E-state index contributed by atoms with van der Waals surface area (Å²) in [5.74, 6) is -2.08. The first-order valence-electron chi connectivity index (χ1n) is 23.6. The molecule has 0 aromatic rings. The van der Waals surface area contributed by atoms with Crippen LogP contribution >= 0.6 is 0 Å². The number of aliphatic hydroxyl groups is 2. The second-order valence-corrected chi connectivity index (χ2v) is 31.1. The first kappa shape index (κ1) is 56.5. The summed E-state index contributed by atoms with van der Waals surface area (Å²) >= 11 is 0. The molecule has 63 heavy (non-hydrogen) atoms. The quantitative estimate of drug-likeness (QED) is 0.107. The predicted octanol–water partition coefficient (Wildman–Crippen LogP) is 6.83. The maximum absolute atomic E-state index is 14.8. The lowest BCUT2D eigenvalue weighted by molar-refractivity contribution is -0.317. The Kier molecular flexibility index (Phi) is 20.2. The van der Waals surface area contributed by atoms with E-state index in [1.807, 2.05) is 46.6 Å². The SMILES string of the molecule is C=CCO[C@]1(C)C[C@@H](C)CN(C)[C@H](C)[C@@H](O)[C@](C)(O)[C@@H](CC)OC(=O)[C@H](C)[C@@H](O[C@H]2CC(C)(OC)[C@@H](O[Si](C)(C)C)[C@H](C)O2)[C@H](C)[C@H]1O[C@@H]1O[C@H](C)C[C@H](N(C)C)[C@H]1O[Si](C)(C)C. The third-order valence-electron chi connectivity index (χ3n) is 13.6. The van der Waals surface area contributed by atoms with E-state index in [9.17, 15) is 15.0 Å². The van der Waals surface area contributed by atoms with Crippen LogP contribution in [-0.4, -0.2) is 174 Å². The van der Waals surface area contributed by atoms with E-state index in [0.29, 0.717) is 19.4 Å². The number of ether oxygens (including phenoxy) is 7. The van der Waals surface area contributed by atoms with Gasteiger partial charge in [-0.3, -0.25) is 4.79 Å². The molecule has 0 saturated carbocycles. The fourth-order valence-electron chi connectivity index (χ4n) is 10.2. The van der Waals surface area contributed by atoms with E-state index in [2.05, 4.69) is 85.6 Å². The highest BCUT2D eigenvalue weighted by Gasteiger charge is 2.54. The van der Waals surface area contributed by atoms with Crippen LogP contribution in [0.5, 0.6) is 0 Å². The number of carbonyl (C=O) groups is 1. The summed E-state index contributed by atoms with van der Waals surface area (Å²) in [5, 5.41) is 23.8. The minimum atomic E-state index is -2.16. The predicted molar refractivity (Wildman–Crippen MR) is 253 cm³/mol. The molecular weight excluding hydrogens is 841 g/mol. The van der Waals surface area contributed by atoms with Gasteiger partial charge in [0.15, 0.2) is 29.2 Å². The third kappa shape index (κ3) is 14.6. The van der Waals surface area contributed by atoms with Gasteiger partial charge in [-0.2, -0.15) is 0 Å². The molecule has 3 saturated heterocycles. The average Bonchev–Trinajstić information content (AvgIpc) is 3.16. The molecule has 0 radical (unpaired) electrons. The highest BCUT2D eigenvalue weighted by atomic mass is 28.4. The van der Waals surface area contributed by atoms with Crippen LogP contribution in [0.15, 0.2) is 12.7 Å². The zero-order valence-corrected chi connectivity index (χ0v) is 45.1. The molecule has 16 heteroatoms. The van der Waals surface area contributed by atoms with Gasteiger partial charge < -0.3 is 62.0 Å². The monoisotopic (exact) mass is 933 g/mol. The van der Waals surface area contributed by atoms with Crippen molar-refractivity contribution in [1.29, 1.82) is 0 Å². The van der Waals surface area contributed by atoms with E-state index in [-0.39, 0.29) is 37.2 Å². The number of nitrogens with zero attached hydrogens (tertiary/aromatic N) is 2. The van der Waals surface area contributed by atoms with Gasteiger partial charge in [-0.1, -0.05) is 26.8 Å².